The fourth-order valence-electron chi connectivity index (χ4n) is 2.86. The number of hydrogen-bond donors (Lipinski definition) is 1. The van der Waals surface area contributed by atoms with E-state index < -0.39 is 0 Å². The first kappa shape index (κ1) is 14.8. The van der Waals surface area contributed by atoms with Crippen molar-refractivity contribution in [2.75, 3.05) is 26.5 Å². The van der Waals surface area contributed by atoms with E-state index >= 15 is 0 Å². The van der Waals surface area contributed by atoms with Gasteiger partial charge in [-0.2, -0.15) is 0 Å². The summed E-state index contributed by atoms with van der Waals surface area (Å²) in [5.74, 6) is 1.53. The molecule has 0 radical (unpaired) electrons. The molecule has 1 aromatic carbocycles. The van der Waals surface area contributed by atoms with Crippen molar-refractivity contribution in [3.05, 3.63) is 35.2 Å². The van der Waals surface area contributed by atoms with Gasteiger partial charge >= 0.3 is 6.01 Å². The van der Waals surface area contributed by atoms with E-state index in [1.807, 2.05) is 25.1 Å². The molecule has 1 aliphatic carbocycles. The van der Waals surface area contributed by atoms with Gasteiger partial charge in [0.1, 0.15) is 5.75 Å². The van der Waals surface area contributed by atoms with Crippen molar-refractivity contribution in [3.63, 3.8) is 0 Å². The summed E-state index contributed by atoms with van der Waals surface area (Å²) in [7, 11) is 5.65. The van der Waals surface area contributed by atoms with Crippen molar-refractivity contribution in [3.8, 4) is 5.75 Å². The van der Waals surface area contributed by atoms with Gasteiger partial charge in [-0.15, -0.1) is 5.10 Å². The van der Waals surface area contributed by atoms with Crippen LogP contribution in [0.4, 0.5) is 6.01 Å². The number of anilines is 1. The molecule has 2 aromatic rings. The molecule has 1 aliphatic rings. The van der Waals surface area contributed by atoms with Crippen LogP contribution in [0.2, 0.25) is 0 Å². The van der Waals surface area contributed by atoms with Crippen molar-refractivity contribution in [2.24, 2.45) is 0 Å². The Kier molecular flexibility index (Phi) is 4.29. The van der Waals surface area contributed by atoms with Gasteiger partial charge in [-0.1, -0.05) is 11.2 Å². The maximum Gasteiger partial charge on any atom is 0.315 e. The van der Waals surface area contributed by atoms with Crippen LogP contribution >= 0.6 is 0 Å². The second-order valence-corrected chi connectivity index (χ2v) is 5.89. The van der Waals surface area contributed by atoms with Crippen LogP contribution in [0.1, 0.15) is 35.9 Å². The predicted molar refractivity (Wildman–Crippen MR) is 84.0 cm³/mol. The molecule has 3 rings (SSSR count). The van der Waals surface area contributed by atoms with E-state index in [2.05, 4.69) is 27.6 Å². The molecule has 0 spiro atoms. The summed E-state index contributed by atoms with van der Waals surface area (Å²) in [6, 6.07) is 6.95. The van der Waals surface area contributed by atoms with Gasteiger partial charge in [-0.25, -0.2) is 0 Å². The third-order valence-electron chi connectivity index (χ3n) is 3.88. The lowest BCUT2D eigenvalue weighted by atomic mass is 9.87. The molecule has 6 nitrogen and oxygen atoms in total. The molecule has 1 unspecified atom stereocenters. The van der Waals surface area contributed by atoms with Gasteiger partial charge in [0.05, 0.1) is 19.7 Å². The van der Waals surface area contributed by atoms with Gasteiger partial charge in [-0.05, 0) is 56.6 Å². The molecule has 0 bridgehead atoms. The topological polar surface area (TPSA) is 63.4 Å². The Balaban J connectivity index is 1.75. The first-order chi connectivity index (χ1) is 10.7. The molecule has 118 valence electrons. The zero-order valence-electron chi connectivity index (χ0n) is 13.3. The van der Waals surface area contributed by atoms with Gasteiger partial charge in [-0.3, -0.25) is 0 Å². The van der Waals surface area contributed by atoms with Crippen LogP contribution in [0.15, 0.2) is 22.6 Å². The van der Waals surface area contributed by atoms with E-state index in [4.69, 9.17) is 9.15 Å². The second kappa shape index (κ2) is 6.36. The lowest BCUT2D eigenvalue weighted by molar-refractivity contribution is 0.343. The Morgan fingerprint density at radius 1 is 1.36 bits per heavy atom. The molecule has 0 aliphatic heterocycles. The highest BCUT2D eigenvalue weighted by Gasteiger charge is 2.22. The van der Waals surface area contributed by atoms with Crippen LogP contribution in [-0.2, 0) is 13.0 Å². The van der Waals surface area contributed by atoms with Crippen molar-refractivity contribution >= 4 is 6.01 Å². The molecule has 1 aromatic heterocycles. The third-order valence-corrected chi connectivity index (χ3v) is 3.88. The molecule has 6 heteroatoms. The van der Waals surface area contributed by atoms with E-state index in [1.165, 1.54) is 11.1 Å². The number of nitrogens with zero attached hydrogens (tertiary/aromatic N) is 3. The number of fused-ring (bicyclic) bond motifs is 1. The number of aromatic nitrogens is 2. The highest BCUT2D eigenvalue weighted by atomic mass is 16.5. The molecule has 1 heterocycles. The number of benzene rings is 1. The Morgan fingerprint density at radius 2 is 2.23 bits per heavy atom. The van der Waals surface area contributed by atoms with Crippen LogP contribution < -0.4 is 10.1 Å². The van der Waals surface area contributed by atoms with Crippen LogP contribution in [0.3, 0.4) is 0 Å². The van der Waals surface area contributed by atoms with Gasteiger partial charge in [0.2, 0.25) is 5.89 Å². The standard InChI is InChI=1S/C16H22N4O2/c1-20(2)10-15-18-19-16(22-15)17-14-6-4-5-11-9-12(21-3)7-8-13(11)14/h7-9,14H,4-6,10H2,1-3H3,(H,17,19). The Morgan fingerprint density at radius 3 is 3.00 bits per heavy atom. The first-order valence-electron chi connectivity index (χ1n) is 7.56. The minimum absolute atomic E-state index is 0.210. The summed E-state index contributed by atoms with van der Waals surface area (Å²) in [6.45, 7) is 0.646. The van der Waals surface area contributed by atoms with Gasteiger partial charge < -0.3 is 19.4 Å². The Labute approximate surface area is 130 Å². The normalized spacial score (nSPS) is 17.4. The lowest BCUT2D eigenvalue weighted by Crippen LogP contribution is -2.17. The Hall–Kier alpha value is -2.08. The van der Waals surface area contributed by atoms with Crippen LogP contribution in [0.25, 0.3) is 0 Å². The van der Waals surface area contributed by atoms with Crippen molar-refractivity contribution in [1.82, 2.24) is 15.1 Å². The Bertz CT molecular complexity index is 639. The maximum absolute atomic E-state index is 5.66. The molecule has 0 amide bonds. The molecule has 0 saturated carbocycles. The fraction of sp³-hybridized carbons (Fsp3) is 0.500. The zero-order chi connectivity index (χ0) is 15.5. The summed E-state index contributed by atoms with van der Waals surface area (Å²) in [5, 5.41) is 11.5. The largest absolute Gasteiger partial charge is 0.497 e. The van der Waals surface area contributed by atoms with Gasteiger partial charge in [0, 0.05) is 0 Å². The molecule has 22 heavy (non-hydrogen) atoms. The van der Waals surface area contributed by atoms with Crippen molar-refractivity contribution < 1.29 is 9.15 Å². The van der Waals surface area contributed by atoms with E-state index in [1.54, 1.807) is 7.11 Å². The molecule has 0 saturated heterocycles. The molecular formula is C16H22N4O2. The SMILES string of the molecule is COc1ccc2c(c1)CCCC2Nc1nnc(CN(C)C)o1. The maximum atomic E-state index is 5.66. The number of aryl methyl sites for hydroxylation is 1. The minimum Gasteiger partial charge on any atom is -0.497 e. The second-order valence-electron chi connectivity index (χ2n) is 5.89. The summed E-state index contributed by atoms with van der Waals surface area (Å²) in [6.07, 6.45) is 3.28. The van der Waals surface area contributed by atoms with Crippen LogP contribution in [-0.4, -0.2) is 36.3 Å². The quantitative estimate of drug-likeness (QED) is 0.916. The average Bonchev–Trinajstić information content (AvgIpc) is 2.93. The van der Waals surface area contributed by atoms with Crippen molar-refractivity contribution in [2.45, 2.75) is 31.8 Å². The molecule has 0 fully saturated rings. The number of ether oxygens (including phenoxy) is 1. The van der Waals surface area contributed by atoms with E-state index in [0.717, 1.165) is 25.0 Å². The summed E-state index contributed by atoms with van der Waals surface area (Å²) < 4.78 is 11.0. The number of methoxy groups -OCH3 is 1. The van der Waals surface area contributed by atoms with E-state index in [0.29, 0.717) is 18.5 Å². The van der Waals surface area contributed by atoms with E-state index in [9.17, 15) is 0 Å². The first-order valence-corrected chi connectivity index (χ1v) is 7.56. The summed E-state index contributed by atoms with van der Waals surface area (Å²) in [4.78, 5) is 2.00. The predicted octanol–water partition coefficient (Wildman–Crippen LogP) is 2.63. The van der Waals surface area contributed by atoms with Gasteiger partial charge in [0.25, 0.3) is 0 Å². The zero-order valence-corrected chi connectivity index (χ0v) is 13.3. The average molecular weight is 302 g/mol. The minimum atomic E-state index is 0.210. The van der Waals surface area contributed by atoms with Crippen LogP contribution in [0, 0.1) is 0 Å². The van der Waals surface area contributed by atoms with E-state index in [-0.39, 0.29) is 6.04 Å². The van der Waals surface area contributed by atoms with Crippen molar-refractivity contribution in [1.29, 1.82) is 0 Å². The summed E-state index contributed by atoms with van der Waals surface area (Å²) in [5.41, 5.74) is 2.62. The molecule has 1 N–H and O–H groups in total. The molecular weight excluding hydrogens is 280 g/mol. The number of rotatable bonds is 5. The number of hydrogen-bond acceptors (Lipinski definition) is 6. The van der Waals surface area contributed by atoms with Gasteiger partial charge in [0.15, 0.2) is 0 Å². The van der Waals surface area contributed by atoms with Crippen LogP contribution in [0.5, 0.6) is 5.75 Å². The molecule has 1 atom stereocenters. The third kappa shape index (κ3) is 3.22. The lowest BCUT2D eigenvalue weighted by Gasteiger charge is -2.26. The summed E-state index contributed by atoms with van der Waals surface area (Å²) >= 11 is 0. The highest BCUT2D eigenvalue weighted by molar-refractivity contribution is 5.42. The smallest absolute Gasteiger partial charge is 0.315 e. The number of nitrogens with one attached hydrogen (secondary N) is 1. The monoisotopic (exact) mass is 302 g/mol. The fourth-order valence-corrected chi connectivity index (χ4v) is 2.86. The highest BCUT2D eigenvalue weighted by Crippen LogP contribution is 2.34.